The summed E-state index contributed by atoms with van der Waals surface area (Å²) < 4.78 is 0. The van der Waals surface area contributed by atoms with Crippen LogP contribution >= 0.6 is 0 Å². The molecule has 0 aromatic heterocycles. The van der Waals surface area contributed by atoms with Crippen molar-refractivity contribution in [3.63, 3.8) is 0 Å². The number of nitrogens with zero attached hydrogens (tertiary/aromatic N) is 1. The summed E-state index contributed by atoms with van der Waals surface area (Å²) in [7, 11) is 0. The van der Waals surface area contributed by atoms with E-state index in [0.717, 1.165) is 32.5 Å². The van der Waals surface area contributed by atoms with Gasteiger partial charge in [0.25, 0.3) is 0 Å². The fourth-order valence-corrected chi connectivity index (χ4v) is 3.49. The van der Waals surface area contributed by atoms with E-state index >= 15 is 0 Å². The average molecular weight is 226 g/mol. The van der Waals surface area contributed by atoms with E-state index in [2.05, 4.69) is 4.90 Å². The first-order chi connectivity index (χ1) is 7.62. The van der Waals surface area contributed by atoms with Gasteiger partial charge in [-0.25, -0.2) is 0 Å². The van der Waals surface area contributed by atoms with Crippen LogP contribution < -0.4 is 5.73 Å². The first kappa shape index (κ1) is 12.3. The van der Waals surface area contributed by atoms with E-state index < -0.39 is 5.60 Å². The van der Waals surface area contributed by atoms with Crippen LogP contribution in [0.3, 0.4) is 0 Å². The Bertz CT molecular complexity index is 230. The van der Waals surface area contributed by atoms with E-state index in [0.29, 0.717) is 12.0 Å². The number of hydrogen-bond donors (Lipinski definition) is 2. The molecule has 2 aliphatic rings. The van der Waals surface area contributed by atoms with Crippen molar-refractivity contribution >= 4 is 0 Å². The van der Waals surface area contributed by atoms with Crippen LogP contribution in [0.1, 0.15) is 45.4 Å². The molecule has 0 bridgehead atoms. The van der Waals surface area contributed by atoms with Gasteiger partial charge in [-0.2, -0.15) is 0 Å². The third-order valence-corrected chi connectivity index (χ3v) is 4.35. The third kappa shape index (κ3) is 2.76. The van der Waals surface area contributed by atoms with Gasteiger partial charge in [-0.05, 0) is 51.6 Å². The second-order valence-electron chi connectivity index (χ2n) is 5.92. The van der Waals surface area contributed by atoms with Crippen LogP contribution in [0.2, 0.25) is 0 Å². The van der Waals surface area contributed by atoms with Crippen molar-refractivity contribution in [2.24, 2.45) is 11.7 Å². The number of β-amino-alcohol motifs (C(OH)–C–C–N with tert-alkyl or cyclic N) is 1. The molecule has 0 amide bonds. The minimum absolute atomic E-state index is 0.477. The number of nitrogens with two attached hydrogens (primary N) is 1. The molecule has 3 heteroatoms. The quantitative estimate of drug-likeness (QED) is 0.747. The summed E-state index contributed by atoms with van der Waals surface area (Å²) in [5.41, 5.74) is 5.40. The van der Waals surface area contributed by atoms with Crippen molar-refractivity contribution in [1.29, 1.82) is 0 Å². The van der Waals surface area contributed by atoms with Gasteiger partial charge in [0.05, 0.1) is 5.60 Å². The summed E-state index contributed by atoms with van der Waals surface area (Å²) in [6.45, 7) is 4.77. The highest BCUT2D eigenvalue weighted by atomic mass is 16.3. The van der Waals surface area contributed by atoms with Crippen LogP contribution in [0.15, 0.2) is 0 Å². The molecule has 3 nitrogen and oxygen atoms in total. The van der Waals surface area contributed by atoms with Crippen LogP contribution in [0.4, 0.5) is 0 Å². The van der Waals surface area contributed by atoms with E-state index in [1.54, 1.807) is 0 Å². The smallest absolute Gasteiger partial charge is 0.0746 e. The predicted octanol–water partition coefficient (Wildman–Crippen LogP) is 1.35. The summed E-state index contributed by atoms with van der Waals surface area (Å²) in [5.74, 6) is 0.655. The first-order valence-electron chi connectivity index (χ1n) is 6.79. The molecule has 0 aromatic carbocycles. The maximum absolute atomic E-state index is 10.2. The van der Waals surface area contributed by atoms with Crippen molar-refractivity contribution in [3.05, 3.63) is 0 Å². The molecule has 0 aromatic rings. The lowest BCUT2D eigenvalue weighted by atomic mass is 9.81. The molecule has 0 spiro atoms. The molecule has 1 aliphatic carbocycles. The molecular weight excluding hydrogens is 200 g/mol. The molecule has 2 rings (SSSR count). The topological polar surface area (TPSA) is 49.5 Å². The number of piperidine rings is 1. The molecule has 16 heavy (non-hydrogen) atoms. The van der Waals surface area contributed by atoms with E-state index in [-0.39, 0.29) is 0 Å². The first-order valence-corrected chi connectivity index (χ1v) is 6.79. The zero-order valence-corrected chi connectivity index (χ0v) is 10.5. The Morgan fingerprint density at radius 3 is 2.75 bits per heavy atom. The normalized spacial score (nSPS) is 42.2. The van der Waals surface area contributed by atoms with Crippen LogP contribution in [0.5, 0.6) is 0 Å². The molecule has 0 radical (unpaired) electrons. The summed E-state index contributed by atoms with van der Waals surface area (Å²) in [5, 5.41) is 10.2. The Morgan fingerprint density at radius 1 is 1.31 bits per heavy atom. The summed E-state index contributed by atoms with van der Waals surface area (Å²) >= 11 is 0. The highest BCUT2D eigenvalue weighted by molar-refractivity contribution is 4.90. The maximum atomic E-state index is 10.2. The Morgan fingerprint density at radius 2 is 2.06 bits per heavy atom. The molecule has 3 N–H and O–H groups in total. The standard InChI is InChI=1S/C13H26N2O/c1-13(16)7-4-8-15(10-13)12-6-3-2-5-11(12)9-14/h11-12,16H,2-10,14H2,1H3. The molecule has 3 unspecified atom stereocenters. The maximum Gasteiger partial charge on any atom is 0.0746 e. The van der Waals surface area contributed by atoms with Crippen LogP contribution in [-0.2, 0) is 0 Å². The van der Waals surface area contributed by atoms with Crippen LogP contribution in [0.25, 0.3) is 0 Å². The lowest BCUT2D eigenvalue weighted by Gasteiger charge is -2.45. The molecule has 2 fully saturated rings. The lowest BCUT2D eigenvalue weighted by molar-refractivity contribution is -0.0443. The van der Waals surface area contributed by atoms with Crippen molar-refractivity contribution in [2.45, 2.75) is 57.1 Å². The molecule has 1 heterocycles. The molecule has 1 saturated heterocycles. The van der Waals surface area contributed by atoms with Crippen LogP contribution in [0, 0.1) is 5.92 Å². The van der Waals surface area contributed by atoms with Crippen molar-refractivity contribution in [3.8, 4) is 0 Å². The van der Waals surface area contributed by atoms with Crippen LogP contribution in [-0.4, -0.2) is 41.3 Å². The van der Waals surface area contributed by atoms with E-state index in [1.807, 2.05) is 6.92 Å². The average Bonchev–Trinajstić information content (AvgIpc) is 2.27. The second kappa shape index (κ2) is 5.03. The highest BCUT2D eigenvalue weighted by Crippen LogP contribution is 2.31. The molecular formula is C13H26N2O. The van der Waals surface area contributed by atoms with E-state index in [1.165, 1.54) is 25.7 Å². The predicted molar refractivity (Wildman–Crippen MR) is 66.2 cm³/mol. The Hall–Kier alpha value is -0.120. The SMILES string of the molecule is CC1(O)CCCN(C2CCCCC2CN)C1. The van der Waals surface area contributed by atoms with Gasteiger partial charge in [0.2, 0.25) is 0 Å². The van der Waals surface area contributed by atoms with Gasteiger partial charge in [0.1, 0.15) is 0 Å². The van der Waals surface area contributed by atoms with Crippen molar-refractivity contribution in [1.82, 2.24) is 4.90 Å². The molecule has 1 saturated carbocycles. The molecule has 1 aliphatic heterocycles. The highest BCUT2D eigenvalue weighted by Gasteiger charge is 2.35. The summed E-state index contributed by atoms with van der Waals surface area (Å²) in [4.78, 5) is 2.50. The fourth-order valence-electron chi connectivity index (χ4n) is 3.49. The minimum Gasteiger partial charge on any atom is -0.389 e. The van der Waals surface area contributed by atoms with Gasteiger partial charge in [-0.3, -0.25) is 4.90 Å². The minimum atomic E-state index is -0.477. The zero-order valence-electron chi connectivity index (χ0n) is 10.5. The lowest BCUT2D eigenvalue weighted by Crippen LogP contribution is -2.54. The molecule has 3 atom stereocenters. The Kier molecular flexibility index (Phi) is 3.88. The van der Waals surface area contributed by atoms with E-state index in [4.69, 9.17) is 5.73 Å². The van der Waals surface area contributed by atoms with E-state index in [9.17, 15) is 5.11 Å². The number of likely N-dealkylation sites (tertiary alicyclic amines) is 1. The van der Waals surface area contributed by atoms with Crippen molar-refractivity contribution in [2.75, 3.05) is 19.6 Å². The monoisotopic (exact) mass is 226 g/mol. The number of rotatable bonds is 2. The van der Waals surface area contributed by atoms with Crippen molar-refractivity contribution < 1.29 is 5.11 Å². The van der Waals surface area contributed by atoms with Gasteiger partial charge >= 0.3 is 0 Å². The molecule has 94 valence electrons. The third-order valence-electron chi connectivity index (χ3n) is 4.35. The zero-order chi connectivity index (χ0) is 11.6. The van der Waals surface area contributed by atoms with Gasteiger partial charge in [0.15, 0.2) is 0 Å². The Labute approximate surface area is 99.0 Å². The van der Waals surface area contributed by atoms with Gasteiger partial charge < -0.3 is 10.8 Å². The second-order valence-corrected chi connectivity index (χ2v) is 5.92. The summed E-state index contributed by atoms with van der Waals surface area (Å²) in [6, 6.07) is 0.630. The van der Waals surface area contributed by atoms with Gasteiger partial charge in [-0.1, -0.05) is 12.8 Å². The fraction of sp³-hybridized carbons (Fsp3) is 1.00. The largest absolute Gasteiger partial charge is 0.389 e. The van der Waals surface area contributed by atoms with Gasteiger partial charge in [0, 0.05) is 12.6 Å². The van der Waals surface area contributed by atoms with Gasteiger partial charge in [-0.15, -0.1) is 0 Å². The number of hydrogen-bond acceptors (Lipinski definition) is 3. The summed E-state index contributed by atoms with van der Waals surface area (Å²) in [6.07, 6.45) is 7.30. The number of aliphatic hydroxyl groups is 1. The Balaban J connectivity index is 1.99.